The number of carbonyl (C=O) groups excluding carboxylic acids is 1. The number of ether oxygens (including phenoxy) is 4. The van der Waals surface area contributed by atoms with Crippen LogP contribution in [-0.4, -0.2) is 14.7 Å². The molecule has 2 aliphatic rings. The molecule has 0 radical (unpaired) electrons. The van der Waals surface area contributed by atoms with Gasteiger partial charge in [-0.25, -0.2) is 4.79 Å². The third-order valence-corrected chi connectivity index (χ3v) is 12.4. The molecule has 7 rings (SSSR count). The van der Waals surface area contributed by atoms with Crippen LogP contribution in [0, 0.1) is 0 Å². The quantitative estimate of drug-likeness (QED) is 0.0966. The van der Waals surface area contributed by atoms with Crippen molar-refractivity contribution in [3.05, 3.63) is 144 Å². The van der Waals surface area contributed by atoms with E-state index in [1.807, 2.05) is 91.0 Å². The molecule has 0 saturated heterocycles. The Morgan fingerprint density at radius 2 is 1.09 bits per heavy atom. The van der Waals surface area contributed by atoms with Crippen molar-refractivity contribution >= 4 is 82.3 Å². The molecule has 2 aliphatic heterocycles. The number of fused-ring (bicyclic) bond motifs is 6. The molecule has 0 N–H and O–H groups in total. The van der Waals surface area contributed by atoms with Crippen molar-refractivity contribution in [2.75, 3.05) is 0 Å². The number of thiocarbonyl (C=S) groups is 2. The number of hydrogen-bond acceptors (Lipinski definition) is 11. The highest BCUT2D eigenvalue weighted by Gasteiger charge is 2.53. The van der Waals surface area contributed by atoms with Crippen LogP contribution in [-0.2, 0) is 10.3 Å². The molecule has 5 aromatic carbocycles. The van der Waals surface area contributed by atoms with Gasteiger partial charge < -0.3 is 18.9 Å². The molecule has 2 heterocycles. The lowest BCUT2D eigenvalue weighted by Crippen LogP contribution is -2.33. The van der Waals surface area contributed by atoms with Crippen molar-refractivity contribution in [1.82, 2.24) is 0 Å². The van der Waals surface area contributed by atoms with Gasteiger partial charge in [-0.3, -0.25) is 0 Å². The lowest BCUT2D eigenvalue weighted by molar-refractivity contribution is 0.0224. The van der Waals surface area contributed by atoms with Gasteiger partial charge in [0.1, 0.15) is 23.0 Å². The molecule has 11 heteroatoms. The second-order valence-corrected chi connectivity index (χ2v) is 15.3. The Bertz CT molecular complexity index is 1830. The first-order valence-corrected chi connectivity index (χ1v) is 18.6. The van der Waals surface area contributed by atoms with Crippen LogP contribution < -0.4 is 14.2 Å². The number of carbonyl (C=O) groups is 1. The van der Waals surface area contributed by atoms with Crippen LogP contribution in [0.3, 0.4) is 0 Å². The molecule has 5 aromatic rings. The summed E-state index contributed by atoms with van der Waals surface area (Å²) in [5, 5.41) is 0. The lowest BCUT2D eigenvalue weighted by atomic mass is 9.77. The fourth-order valence-corrected chi connectivity index (χ4v) is 8.89. The van der Waals surface area contributed by atoms with Crippen molar-refractivity contribution in [1.29, 1.82) is 0 Å². The van der Waals surface area contributed by atoms with E-state index < -0.39 is 11.6 Å². The van der Waals surface area contributed by atoms with Gasteiger partial charge in [0.15, 0.2) is 5.60 Å². The van der Waals surface area contributed by atoms with Crippen molar-refractivity contribution in [3.8, 4) is 23.0 Å². The van der Waals surface area contributed by atoms with Gasteiger partial charge in [-0.05, 0) is 122 Å². The van der Waals surface area contributed by atoms with E-state index in [9.17, 15) is 4.79 Å². The van der Waals surface area contributed by atoms with Gasteiger partial charge in [0.2, 0.25) is 8.77 Å². The zero-order valence-corrected chi connectivity index (χ0v) is 27.9. The smallest absolute Gasteiger partial charge is 0.340 e. The largest absolute Gasteiger partial charge is 0.456 e. The second-order valence-electron chi connectivity index (χ2n) is 9.70. The molecule has 0 bridgehead atoms. The van der Waals surface area contributed by atoms with Crippen molar-refractivity contribution in [2.45, 2.75) is 15.4 Å². The molecule has 0 aliphatic carbocycles. The Hall–Kier alpha value is -3.45. The van der Waals surface area contributed by atoms with Gasteiger partial charge in [0.05, 0.1) is 5.56 Å². The maximum Gasteiger partial charge on any atom is 0.340 e. The van der Waals surface area contributed by atoms with E-state index in [0.29, 0.717) is 48.5 Å². The fourth-order valence-electron chi connectivity index (χ4n) is 5.11. The van der Waals surface area contributed by atoms with Crippen molar-refractivity contribution < 1.29 is 23.7 Å². The topological polar surface area (TPSA) is 54.0 Å². The van der Waals surface area contributed by atoms with E-state index in [1.165, 1.54) is 43.2 Å². The minimum absolute atomic E-state index is 0.349. The van der Waals surface area contributed by atoms with Crippen LogP contribution in [0.1, 0.15) is 27.0 Å². The third kappa shape index (κ3) is 6.20. The summed E-state index contributed by atoms with van der Waals surface area (Å²) >= 11 is 11.0. The van der Waals surface area contributed by atoms with Crippen LogP contribution >= 0.6 is 67.6 Å². The maximum atomic E-state index is 13.2. The molecule has 0 atom stereocenters. The predicted molar refractivity (Wildman–Crippen MR) is 191 cm³/mol. The minimum Gasteiger partial charge on any atom is -0.456 e. The SMILES string of the molecule is O=C1OC2(c3ccc(OC(=S)SSc4ccccc4)cc3Oc3cc(OC(=S)SSc4ccccc4)ccc32)c2ccccc21. The summed E-state index contributed by atoms with van der Waals surface area (Å²) in [4.78, 5) is 15.3. The first-order chi connectivity index (χ1) is 22.0. The molecule has 0 aromatic heterocycles. The van der Waals surface area contributed by atoms with E-state index in [4.69, 9.17) is 43.4 Å². The third-order valence-electron chi connectivity index (χ3n) is 6.96. The predicted octanol–water partition coefficient (Wildman–Crippen LogP) is 10.5. The fraction of sp³-hybridized carbons (Fsp3) is 0.0294. The Kier molecular flexibility index (Phi) is 8.80. The second kappa shape index (κ2) is 13.1. The van der Waals surface area contributed by atoms with E-state index in [-0.39, 0.29) is 0 Å². The Morgan fingerprint density at radius 3 is 1.62 bits per heavy atom. The van der Waals surface area contributed by atoms with Gasteiger partial charge in [-0.15, -0.1) is 0 Å². The first-order valence-electron chi connectivity index (χ1n) is 13.5. The highest BCUT2D eigenvalue weighted by molar-refractivity contribution is 8.83. The summed E-state index contributed by atoms with van der Waals surface area (Å²) in [6.07, 6.45) is 0. The Morgan fingerprint density at radius 1 is 0.600 bits per heavy atom. The summed E-state index contributed by atoms with van der Waals surface area (Å²) in [6, 6.07) is 38.1. The van der Waals surface area contributed by atoms with Gasteiger partial charge >= 0.3 is 5.97 Å². The molecule has 1 spiro atoms. The van der Waals surface area contributed by atoms with Crippen LogP contribution in [0.25, 0.3) is 0 Å². The van der Waals surface area contributed by atoms with Crippen LogP contribution in [0.4, 0.5) is 0 Å². The zero-order valence-electron chi connectivity index (χ0n) is 23.0. The Balaban J connectivity index is 1.18. The molecule has 5 nitrogen and oxygen atoms in total. The molecule has 0 saturated carbocycles. The Labute approximate surface area is 286 Å². The molecule has 0 unspecified atom stereocenters. The standard InChI is InChI=1S/C34H20O5S6/c35-31-25-13-7-8-14-26(25)34(39-31)27-17-15-21(36-32(40)44-42-23-9-3-1-4-10-23)19-29(27)38-30-20-22(16-18-28(30)34)37-33(41)45-43-24-11-5-2-6-12-24/h1-20H. The number of hydrogen-bond donors (Lipinski definition) is 0. The average Bonchev–Trinajstić information content (AvgIpc) is 3.36. The minimum atomic E-state index is -1.22. The van der Waals surface area contributed by atoms with Crippen LogP contribution in [0.5, 0.6) is 23.0 Å². The highest BCUT2D eigenvalue weighted by Crippen LogP contribution is 2.57. The van der Waals surface area contributed by atoms with Gasteiger partial charge in [-0.2, -0.15) is 0 Å². The number of benzene rings is 5. The number of rotatable bonds is 6. The monoisotopic (exact) mass is 700 g/mol. The summed E-state index contributed by atoms with van der Waals surface area (Å²) in [6.45, 7) is 0. The maximum absolute atomic E-state index is 13.2. The molecule has 222 valence electrons. The highest BCUT2D eigenvalue weighted by atomic mass is 33.1. The number of esters is 1. The van der Waals surface area contributed by atoms with Gasteiger partial charge in [0.25, 0.3) is 0 Å². The summed E-state index contributed by atoms with van der Waals surface area (Å²) in [7, 11) is 5.74. The van der Waals surface area contributed by atoms with E-state index in [2.05, 4.69) is 0 Å². The van der Waals surface area contributed by atoms with Crippen LogP contribution in [0.2, 0.25) is 0 Å². The average molecular weight is 701 g/mol. The van der Waals surface area contributed by atoms with Gasteiger partial charge in [-0.1, -0.05) is 54.6 Å². The summed E-state index contributed by atoms with van der Waals surface area (Å²) < 4.78 is 25.4. The normalized spacial score (nSPS) is 13.6. The summed E-state index contributed by atoms with van der Waals surface area (Å²) in [5.41, 5.74) is 1.38. The molecular weight excluding hydrogens is 681 g/mol. The zero-order chi connectivity index (χ0) is 30.8. The lowest BCUT2D eigenvalue weighted by Gasteiger charge is -2.36. The van der Waals surface area contributed by atoms with E-state index >= 15 is 0 Å². The van der Waals surface area contributed by atoms with E-state index in [1.54, 1.807) is 30.3 Å². The van der Waals surface area contributed by atoms with Crippen molar-refractivity contribution in [3.63, 3.8) is 0 Å². The molecular formula is C34H20O5S6. The molecule has 0 amide bonds. The van der Waals surface area contributed by atoms with Crippen molar-refractivity contribution in [2.24, 2.45) is 0 Å². The van der Waals surface area contributed by atoms with Crippen LogP contribution in [0.15, 0.2) is 131 Å². The molecule has 0 fully saturated rings. The summed E-state index contributed by atoms with van der Waals surface area (Å²) in [5.74, 6) is 1.54. The first kappa shape index (κ1) is 30.2. The van der Waals surface area contributed by atoms with Gasteiger partial charge in [0, 0.05) is 38.6 Å². The molecule has 45 heavy (non-hydrogen) atoms. The van der Waals surface area contributed by atoms with E-state index in [0.717, 1.165) is 15.4 Å².